The van der Waals surface area contributed by atoms with Crippen molar-refractivity contribution in [2.24, 2.45) is 0 Å². The molecule has 0 unspecified atom stereocenters. The Balaban J connectivity index is 1.59. The van der Waals surface area contributed by atoms with Gasteiger partial charge in [-0.1, -0.05) is 6.07 Å². The van der Waals surface area contributed by atoms with Crippen molar-refractivity contribution < 1.29 is 9.15 Å². The summed E-state index contributed by atoms with van der Waals surface area (Å²) < 4.78 is 11.1. The van der Waals surface area contributed by atoms with Gasteiger partial charge in [0.2, 0.25) is 5.89 Å². The molecule has 0 atom stereocenters. The van der Waals surface area contributed by atoms with Gasteiger partial charge in [-0.2, -0.15) is 0 Å². The summed E-state index contributed by atoms with van der Waals surface area (Å²) in [5.74, 6) is 0.730. The van der Waals surface area contributed by atoms with Crippen LogP contribution in [0.3, 0.4) is 0 Å². The highest BCUT2D eigenvalue weighted by atomic mass is 32.1. The van der Waals surface area contributed by atoms with Crippen LogP contribution in [0, 0.1) is 0 Å². The lowest BCUT2D eigenvalue weighted by Crippen LogP contribution is -2.43. The molecule has 5 heteroatoms. The lowest BCUT2D eigenvalue weighted by molar-refractivity contribution is -0.0442. The Hall–Kier alpha value is -1.17. The van der Waals surface area contributed by atoms with E-state index in [1.165, 1.54) is 0 Å². The number of nitrogens with zero attached hydrogens (tertiary/aromatic N) is 2. The number of hydrogen-bond donors (Lipinski definition) is 0. The highest BCUT2D eigenvalue weighted by Crippen LogP contribution is 2.27. The van der Waals surface area contributed by atoms with Gasteiger partial charge in [0.15, 0.2) is 0 Å². The van der Waals surface area contributed by atoms with Crippen molar-refractivity contribution in [2.75, 3.05) is 20.2 Å². The molecule has 3 heterocycles. The number of likely N-dealkylation sites (tertiary alicyclic amines) is 1. The molecule has 1 aliphatic heterocycles. The van der Waals surface area contributed by atoms with Gasteiger partial charge in [0.1, 0.15) is 6.26 Å². The quantitative estimate of drug-likeness (QED) is 0.865. The monoisotopic (exact) mass is 292 g/mol. The second-order valence-electron chi connectivity index (χ2n) is 5.55. The molecule has 0 radical (unpaired) electrons. The molecular weight excluding hydrogens is 272 g/mol. The topological polar surface area (TPSA) is 38.5 Å². The van der Waals surface area contributed by atoms with Crippen LogP contribution in [0.5, 0.6) is 0 Å². The van der Waals surface area contributed by atoms with E-state index < -0.39 is 0 Å². The van der Waals surface area contributed by atoms with Crippen LogP contribution < -0.4 is 0 Å². The van der Waals surface area contributed by atoms with Crippen LogP contribution in [0.1, 0.15) is 25.5 Å². The maximum absolute atomic E-state index is 5.57. The summed E-state index contributed by atoms with van der Waals surface area (Å²) >= 11 is 1.65. The summed E-state index contributed by atoms with van der Waals surface area (Å²) in [7, 11) is 1.81. The fourth-order valence-electron chi connectivity index (χ4n) is 2.51. The van der Waals surface area contributed by atoms with Gasteiger partial charge in [-0.05, 0) is 31.2 Å². The lowest BCUT2D eigenvalue weighted by atomic mass is 9.93. The predicted octanol–water partition coefficient (Wildman–Crippen LogP) is 3.40. The molecule has 2 aromatic rings. The fraction of sp³-hybridized carbons (Fsp3) is 0.533. The predicted molar refractivity (Wildman–Crippen MR) is 79.7 cm³/mol. The van der Waals surface area contributed by atoms with Gasteiger partial charge in [-0.25, -0.2) is 4.98 Å². The highest BCUT2D eigenvalue weighted by molar-refractivity contribution is 7.13. The van der Waals surface area contributed by atoms with Crippen molar-refractivity contribution in [2.45, 2.75) is 31.9 Å². The molecule has 3 rings (SSSR count). The van der Waals surface area contributed by atoms with E-state index in [9.17, 15) is 0 Å². The average molecular weight is 292 g/mol. The summed E-state index contributed by atoms with van der Waals surface area (Å²) in [6.45, 7) is 5.14. The molecule has 0 aliphatic carbocycles. The number of ether oxygens (including phenoxy) is 1. The van der Waals surface area contributed by atoms with Gasteiger partial charge in [-0.15, -0.1) is 11.3 Å². The number of oxazole rings is 1. The van der Waals surface area contributed by atoms with Crippen molar-refractivity contribution in [3.05, 3.63) is 29.5 Å². The number of rotatable bonds is 4. The normalized spacial score (nSPS) is 19.3. The van der Waals surface area contributed by atoms with Crippen LogP contribution in [0.25, 0.3) is 10.8 Å². The van der Waals surface area contributed by atoms with Gasteiger partial charge in [-0.3, -0.25) is 4.90 Å². The first-order chi connectivity index (χ1) is 9.68. The molecule has 20 heavy (non-hydrogen) atoms. The van der Waals surface area contributed by atoms with Gasteiger partial charge < -0.3 is 9.15 Å². The summed E-state index contributed by atoms with van der Waals surface area (Å²) in [6, 6.07) is 4.05. The summed E-state index contributed by atoms with van der Waals surface area (Å²) in [4.78, 5) is 8.07. The van der Waals surface area contributed by atoms with E-state index in [0.29, 0.717) is 0 Å². The average Bonchev–Trinajstić information content (AvgIpc) is 3.12. The molecule has 0 spiro atoms. The first-order valence-electron chi connectivity index (χ1n) is 6.94. The second kappa shape index (κ2) is 5.68. The van der Waals surface area contributed by atoms with Crippen molar-refractivity contribution in [1.82, 2.24) is 9.88 Å². The highest BCUT2D eigenvalue weighted by Gasteiger charge is 2.29. The zero-order chi connectivity index (χ0) is 14.0. The molecule has 0 bridgehead atoms. The Kier molecular flexibility index (Phi) is 3.92. The van der Waals surface area contributed by atoms with Crippen LogP contribution in [-0.4, -0.2) is 35.7 Å². The number of methoxy groups -OCH3 is 1. The van der Waals surface area contributed by atoms with E-state index in [2.05, 4.69) is 16.8 Å². The second-order valence-corrected chi connectivity index (χ2v) is 6.50. The SMILES string of the molecule is COC1(C)CCN(Cc2coc(-c3cccs3)n2)CC1. The molecular formula is C15H20N2O2S. The van der Waals surface area contributed by atoms with E-state index in [1.807, 2.05) is 17.5 Å². The summed E-state index contributed by atoms with van der Waals surface area (Å²) in [5.41, 5.74) is 1.05. The van der Waals surface area contributed by atoms with Gasteiger partial charge in [0, 0.05) is 26.7 Å². The number of thiophene rings is 1. The van der Waals surface area contributed by atoms with Crippen LogP contribution >= 0.6 is 11.3 Å². The standard InChI is InChI=1S/C15H20N2O2S/c1-15(18-2)5-7-17(8-6-15)10-12-11-19-14(16-12)13-4-3-9-20-13/h3-4,9,11H,5-8,10H2,1-2H3. The molecule has 4 nitrogen and oxygen atoms in total. The van der Waals surface area contributed by atoms with Crippen molar-refractivity contribution in [3.8, 4) is 10.8 Å². The Morgan fingerprint density at radius 3 is 2.90 bits per heavy atom. The molecule has 0 N–H and O–H groups in total. The van der Waals surface area contributed by atoms with Gasteiger partial charge in [0.25, 0.3) is 0 Å². The van der Waals surface area contributed by atoms with Crippen molar-refractivity contribution in [3.63, 3.8) is 0 Å². The minimum atomic E-state index is 0.0441. The largest absolute Gasteiger partial charge is 0.444 e. The van der Waals surface area contributed by atoms with Crippen molar-refractivity contribution in [1.29, 1.82) is 0 Å². The van der Waals surface area contributed by atoms with Gasteiger partial charge >= 0.3 is 0 Å². The van der Waals surface area contributed by atoms with Crippen LogP contribution in [0.2, 0.25) is 0 Å². The number of aromatic nitrogens is 1. The smallest absolute Gasteiger partial charge is 0.236 e. The zero-order valence-electron chi connectivity index (χ0n) is 12.0. The number of piperidine rings is 1. The minimum absolute atomic E-state index is 0.0441. The number of hydrogen-bond acceptors (Lipinski definition) is 5. The first-order valence-corrected chi connectivity index (χ1v) is 7.82. The first kappa shape index (κ1) is 13.8. The van der Waals surface area contributed by atoms with E-state index in [1.54, 1.807) is 24.7 Å². The molecule has 0 aromatic carbocycles. The third kappa shape index (κ3) is 2.95. The summed E-state index contributed by atoms with van der Waals surface area (Å²) in [6.07, 6.45) is 3.91. The third-order valence-corrected chi connectivity index (χ3v) is 4.93. The van der Waals surface area contributed by atoms with Crippen LogP contribution in [-0.2, 0) is 11.3 Å². The minimum Gasteiger partial charge on any atom is -0.444 e. The third-order valence-electron chi connectivity index (χ3n) is 4.08. The molecule has 108 valence electrons. The van der Waals surface area contributed by atoms with Gasteiger partial charge in [0.05, 0.1) is 16.2 Å². The van der Waals surface area contributed by atoms with Crippen LogP contribution in [0.4, 0.5) is 0 Å². The molecule has 1 fully saturated rings. The fourth-order valence-corrected chi connectivity index (χ4v) is 3.17. The van der Waals surface area contributed by atoms with E-state index in [-0.39, 0.29) is 5.60 Å². The Morgan fingerprint density at radius 1 is 1.45 bits per heavy atom. The van der Waals surface area contributed by atoms with E-state index >= 15 is 0 Å². The molecule has 1 saturated heterocycles. The Labute approximate surface area is 123 Å². The molecule has 2 aromatic heterocycles. The maximum atomic E-state index is 5.57. The lowest BCUT2D eigenvalue weighted by Gasteiger charge is -2.38. The summed E-state index contributed by atoms with van der Waals surface area (Å²) in [5, 5.41) is 2.04. The molecule has 1 aliphatic rings. The van der Waals surface area contributed by atoms with Crippen LogP contribution in [0.15, 0.2) is 28.2 Å². The van der Waals surface area contributed by atoms with E-state index in [4.69, 9.17) is 9.15 Å². The Bertz CT molecular complexity index is 542. The molecule has 0 amide bonds. The van der Waals surface area contributed by atoms with Crippen molar-refractivity contribution >= 4 is 11.3 Å². The zero-order valence-corrected chi connectivity index (χ0v) is 12.8. The van der Waals surface area contributed by atoms with E-state index in [0.717, 1.165) is 48.9 Å². The molecule has 0 saturated carbocycles. The Morgan fingerprint density at radius 2 is 2.25 bits per heavy atom. The maximum Gasteiger partial charge on any atom is 0.236 e.